The number of anilines is 2. The number of hydrogen-bond acceptors (Lipinski definition) is 3. The SMILES string of the molecule is O=C(O)c1cc(C2CC2)cnc1Nc1ccc2cccc(-c3ccccc3)c2c1. The molecule has 0 aliphatic heterocycles. The molecule has 4 nitrogen and oxygen atoms in total. The van der Waals surface area contributed by atoms with Crippen molar-refractivity contribution in [1.29, 1.82) is 0 Å². The number of fused-ring (bicyclic) bond motifs is 1. The van der Waals surface area contributed by atoms with Gasteiger partial charge in [0.2, 0.25) is 0 Å². The summed E-state index contributed by atoms with van der Waals surface area (Å²) in [6.07, 6.45) is 4.02. The molecule has 29 heavy (non-hydrogen) atoms. The maximum Gasteiger partial charge on any atom is 0.339 e. The van der Waals surface area contributed by atoms with Crippen LogP contribution in [0.1, 0.15) is 34.7 Å². The van der Waals surface area contributed by atoms with E-state index in [1.165, 1.54) is 0 Å². The molecule has 4 heteroatoms. The van der Waals surface area contributed by atoms with E-state index < -0.39 is 5.97 Å². The molecule has 0 spiro atoms. The Morgan fingerprint density at radius 1 is 0.966 bits per heavy atom. The monoisotopic (exact) mass is 380 g/mol. The summed E-state index contributed by atoms with van der Waals surface area (Å²) < 4.78 is 0. The van der Waals surface area contributed by atoms with E-state index in [0.29, 0.717) is 11.7 Å². The average Bonchev–Trinajstić information content (AvgIpc) is 3.59. The zero-order chi connectivity index (χ0) is 19.8. The maximum absolute atomic E-state index is 11.8. The highest BCUT2D eigenvalue weighted by atomic mass is 16.4. The van der Waals surface area contributed by atoms with Gasteiger partial charge in [-0.25, -0.2) is 9.78 Å². The molecule has 0 atom stereocenters. The van der Waals surface area contributed by atoms with Crippen molar-refractivity contribution in [3.8, 4) is 11.1 Å². The fraction of sp³-hybridized carbons (Fsp3) is 0.120. The van der Waals surface area contributed by atoms with E-state index in [9.17, 15) is 9.90 Å². The molecule has 5 rings (SSSR count). The topological polar surface area (TPSA) is 62.2 Å². The van der Waals surface area contributed by atoms with Gasteiger partial charge >= 0.3 is 5.97 Å². The minimum absolute atomic E-state index is 0.214. The molecule has 1 aliphatic rings. The number of aromatic nitrogens is 1. The second-order valence-corrected chi connectivity index (χ2v) is 7.48. The van der Waals surface area contributed by atoms with Crippen molar-refractivity contribution in [1.82, 2.24) is 4.98 Å². The van der Waals surface area contributed by atoms with Gasteiger partial charge in [-0.2, -0.15) is 0 Å². The van der Waals surface area contributed by atoms with Gasteiger partial charge in [0.25, 0.3) is 0 Å². The fourth-order valence-electron chi connectivity index (χ4n) is 3.74. The van der Waals surface area contributed by atoms with E-state index >= 15 is 0 Å². The van der Waals surface area contributed by atoms with Crippen LogP contribution in [0.25, 0.3) is 21.9 Å². The molecule has 1 aliphatic carbocycles. The van der Waals surface area contributed by atoms with Crippen LogP contribution in [0.2, 0.25) is 0 Å². The van der Waals surface area contributed by atoms with Crippen LogP contribution in [0.3, 0.4) is 0 Å². The maximum atomic E-state index is 11.8. The third-order valence-corrected chi connectivity index (χ3v) is 5.42. The second-order valence-electron chi connectivity index (χ2n) is 7.48. The van der Waals surface area contributed by atoms with Gasteiger partial charge in [0.1, 0.15) is 11.4 Å². The second kappa shape index (κ2) is 7.06. The van der Waals surface area contributed by atoms with Gasteiger partial charge in [-0.3, -0.25) is 0 Å². The lowest BCUT2D eigenvalue weighted by Crippen LogP contribution is -2.06. The number of hydrogen-bond donors (Lipinski definition) is 2. The normalized spacial score (nSPS) is 13.4. The number of benzene rings is 3. The molecular formula is C25H20N2O2. The first-order valence-corrected chi connectivity index (χ1v) is 9.77. The van der Waals surface area contributed by atoms with E-state index in [1.807, 2.05) is 30.3 Å². The first-order valence-electron chi connectivity index (χ1n) is 9.77. The number of rotatable bonds is 5. The van der Waals surface area contributed by atoms with E-state index in [-0.39, 0.29) is 5.56 Å². The molecule has 2 N–H and O–H groups in total. The molecule has 1 saturated carbocycles. The van der Waals surface area contributed by atoms with Crippen molar-refractivity contribution in [3.63, 3.8) is 0 Å². The van der Waals surface area contributed by atoms with Gasteiger partial charge < -0.3 is 10.4 Å². The van der Waals surface area contributed by atoms with Crippen LogP contribution in [0.5, 0.6) is 0 Å². The minimum Gasteiger partial charge on any atom is -0.478 e. The third-order valence-electron chi connectivity index (χ3n) is 5.42. The predicted octanol–water partition coefficient (Wildman–Crippen LogP) is 6.22. The molecule has 0 bridgehead atoms. The van der Waals surface area contributed by atoms with E-state index in [1.54, 1.807) is 12.3 Å². The average molecular weight is 380 g/mol. The number of aromatic carboxylic acids is 1. The van der Waals surface area contributed by atoms with Crippen LogP contribution in [0, 0.1) is 0 Å². The Bertz CT molecular complexity index is 1210. The molecule has 1 heterocycles. The Balaban J connectivity index is 1.55. The number of nitrogens with zero attached hydrogens (tertiary/aromatic N) is 1. The molecule has 142 valence electrons. The number of carboxylic acids is 1. The van der Waals surface area contributed by atoms with Crippen LogP contribution in [-0.4, -0.2) is 16.1 Å². The number of nitrogens with one attached hydrogen (secondary N) is 1. The minimum atomic E-state index is -0.965. The summed E-state index contributed by atoms with van der Waals surface area (Å²) >= 11 is 0. The van der Waals surface area contributed by atoms with E-state index in [2.05, 4.69) is 46.7 Å². The Hall–Kier alpha value is -3.66. The molecule has 0 saturated heterocycles. The van der Waals surface area contributed by atoms with Crippen molar-refractivity contribution < 1.29 is 9.90 Å². The van der Waals surface area contributed by atoms with Gasteiger partial charge in [-0.05, 0) is 64.4 Å². The lowest BCUT2D eigenvalue weighted by molar-refractivity contribution is 0.0697. The summed E-state index contributed by atoms with van der Waals surface area (Å²) in [4.78, 5) is 16.2. The van der Waals surface area contributed by atoms with E-state index in [4.69, 9.17) is 0 Å². The van der Waals surface area contributed by atoms with Crippen molar-refractivity contribution in [2.45, 2.75) is 18.8 Å². The fourth-order valence-corrected chi connectivity index (χ4v) is 3.74. The van der Waals surface area contributed by atoms with Crippen molar-refractivity contribution in [3.05, 3.63) is 90.1 Å². The quantitative estimate of drug-likeness (QED) is 0.431. The number of pyridine rings is 1. The van der Waals surface area contributed by atoms with Gasteiger partial charge in [-0.1, -0.05) is 54.6 Å². The Labute approximate surface area is 168 Å². The van der Waals surface area contributed by atoms with E-state index in [0.717, 1.165) is 46.0 Å². The highest BCUT2D eigenvalue weighted by molar-refractivity contribution is 5.99. The van der Waals surface area contributed by atoms with Crippen LogP contribution >= 0.6 is 0 Å². The first-order chi connectivity index (χ1) is 14.2. The first kappa shape index (κ1) is 17.4. The third kappa shape index (κ3) is 3.45. The van der Waals surface area contributed by atoms with Gasteiger partial charge in [0.05, 0.1) is 0 Å². The Kier molecular flexibility index (Phi) is 4.24. The molecule has 1 aromatic heterocycles. The Morgan fingerprint density at radius 3 is 2.55 bits per heavy atom. The lowest BCUT2D eigenvalue weighted by atomic mass is 9.98. The lowest BCUT2D eigenvalue weighted by Gasteiger charge is -2.12. The van der Waals surface area contributed by atoms with Crippen molar-refractivity contribution in [2.75, 3.05) is 5.32 Å². The zero-order valence-electron chi connectivity index (χ0n) is 15.8. The van der Waals surface area contributed by atoms with Crippen LogP contribution in [0.4, 0.5) is 11.5 Å². The highest BCUT2D eigenvalue weighted by Crippen LogP contribution is 2.40. The molecule has 3 aromatic carbocycles. The van der Waals surface area contributed by atoms with Gasteiger partial charge in [0, 0.05) is 11.9 Å². The highest BCUT2D eigenvalue weighted by Gasteiger charge is 2.26. The summed E-state index contributed by atoms with van der Waals surface area (Å²) in [6.45, 7) is 0. The zero-order valence-corrected chi connectivity index (χ0v) is 15.8. The van der Waals surface area contributed by atoms with Crippen LogP contribution in [-0.2, 0) is 0 Å². The molecule has 4 aromatic rings. The molecule has 0 amide bonds. The van der Waals surface area contributed by atoms with Crippen molar-refractivity contribution in [2.24, 2.45) is 0 Å². The van der Waals surface area contributed by atoms with Crippen molar-refractivity contribution >= 4 is 28.2 Å². The summed E-state index contributed by atoms with van der Waals surface area (Å²) in [5, 5.41) is 15.1. The number of carbonyl (C=O) groups is 1. The number of carboxylic acid groups (broad SMARTS) is 1. The summed E-state index contributed by atoms with van der Waals surface area (Å²) in [5.74, 6) is -0.129. The largest absolute Gasteiger partial charge is 0.478 e. The van der Waals surface area contributed by atoms with Crippen LogP contribution < -0.4 is 5.32 Å². The predicted molar refractivity (Wildman–Crippen MR) is 116 cm³/mol. The summed E-state index contributed by atoms with van der Waals surface area (Å²) in [5.41, 5.74) is 4.33. The van der Waals surface area contributed by atoms with Gasteiger partial charge in [0.15, 0.2) is 0 Å². The standard InChI is InChI=1S/C25H20N2O2/c28-25(29)23-13-19(16-9-10-16)15-26-24(23)27-20-12-11-18-7-4-8-21(22(18)14-20)17-5-2-1-3-6-17/h1-8,11-16H,9-10H2,(H,26,27)(H,28,29). The Morgan fingerprint density at radius 2 is 1.79 bits per heavy atom. The molecule has 0 radical (unpaired) electrons. The molecule has 0 unspecified atom stereocenters. The summed E-state index contributed by atoms with van der Waals surface area (Å²) in [7, 11) is 0. The van der Waals surface area contributed by atoms with Gasteiger partial charge in [-0.15, -0.1) is 0 Å². The summed E-state index contributed by atoms with van der Waals surface area (Å²) in [6, 6.07) is 24.3. The molecule has 1 fully saturated rings. The molecular weight excluding hydrogens is 360 g/mol. The smallest absolute Gasteiger partial charge is 0.339 e. The van der Waals surface area contributed by atoms with Crippen LogP contribution in [0.15, 0.2) is 79.0 Å².